The lowest BCUT2D eigenvalue weighted by Gasteiger charge is -2.28. The molecule has 0 heterocycles. The van der Waals surface area contributed by atoms with E-state index in [-0.39, 0.29) is 16.7 Å². The zero-order chi connectivity index (χ0) is 13.8. The van der Waals surface area contributed by atoms with Crippen LogP contribution in [0.1, 0.15) is 49.4 Å². The van der Waals surface area contributed by atoms with E-state index in [0.717, 1.165) is 31.6 Å². The summed E-state index contributed by atoms with van der Waals surface area (Å²) in [6.45, 7) is 2.21. The smallest absolute Gasteiger partial charge is 0.341 e. The summed E-state index contributed by atoms with van der Waals surface area (Å²) in [5.74, 6) is 0.140. The molecule has 0 atom stereocenters. The number of halogens is 1. The molecule has 0 aliphatic heterocycles. The fourth-order valence-electron chi connectivity index (χ4n) is 2.65. The Balaban J connectivity index is 2.08. The topological polar surface area (TPSA) is 46.5 Å². The van der Waals surface area contributed by atoms with Crippen molar-refractivity contribution in [3.8, 4) is 5.75 Å². The zero-order valence-electron chi connectivity index (χ0n) is 11.1. The highest BCUT2D eigenvalue weighted by atomic mass is 35.5. The molecule has 0 amide bonds. The third-order valence-corrected chi connectivity index (χ3v) is 4.17. The molecule has 3 nitrogen and oxygen atoms in total. The maximum Gasteiger partial charge on any atom is 0.341 e. The van der Waals surface area contributed by atoms with Gasteiger partial charge in [-0.1, -0.05) is 31.0 Å². The Morgan fingerprint density at radius 1 is 1.37 bits per heavy atom. The molecule has 0 radical (unpaired) electrons. The van der Waals surface area contributed by atoms with Crippen LogP contribution in [0.15, 0.2) is 18.2 Å². The van der Waals surface area contributed by atoms with Crippen molar-refractivity contribution >= 4 is 17.6 Å². The van der Waals surface area contributed by atoms with E-state index in [4.69, 9.17) is 16.3 Å². The molecule has 1 fully saturated rings. The van der Waals surface area contributed by atoms with Crippen LogP contribution in [0.2, 0.25) is 5.02 Å². The SMILES string of the molecule is CCC1CCC(Oc2cccc(Cl)c2C(=O)O)CC1. The second kappa shape index (κ2) is 6.29. The second-order valence-corrected chi connectivity index (χ2v) is 5.49. The molecular weight excluding hydrogens is 264 g/mol. The first-order chi connectivity index (χ1) is 9.11. The van der Waals surface area contributed by atoms with Crippen LogP contribution in [0.4, 0.5) is 0 Å². The van der Waals surface area contributed by atoms with Crippen LogP contribution in [-0.4, -0.2) is 17.2 Å². The lowest BCUT2D eigenvalue weighted by Crippen LogP contribution is -2.24. The standard InChI is InChI=1S/C15H19ClO3/c1-2-10-6-8-11(9-7-10)19-13-5-3-4-12(16)14(13)15(17)18/h3-5,10-11H,2,6-9H2,1H3,(H,17,18). The van der Waals surface area contributed by atoms with Crippen LogP contribution in [0.25, 0.3) is 0 Å². The van der Waals surface area contributed by atoms with Gasteiger partial charge in [-0.05, 0) is 43.7 Å². The van der Waals surface area contributed by atoms with Gasteiger partial charge in [0.2, 0.25) is 0 Å². The lowest BCUT2D eigenvalue weighted by atomic mass is 9.86. The summed E-state index contributed by atoms with van der Waals surface area (Å²) in [5, 5.41) is 9.42. The summed E-state index contributed by atoms with van der Waals surface area (Å²) in [4.78, 5) is 11.2. The second-order valence-electron chi connectivity index (χ2n) is 5.09. The van der Waals surface area contributed by atoms with E-state index in [1.165, 1.54) is 6.42 Å². The number of carboxylic acid groups (broad SMARTS) is 1. The Morgan fingerprint density at radius 2 is 2.05 bits per heavy atom. The van der Waals surface area contributed by atoms with E-state index >= 15 is 0 Å². The van der Waals surface area contributed by atoms with Crippen LogP contribution < -0.4 is 4.74 Å². The number of hydrogen-bond donors (Lipinski definition) is 1. The van der Waals surface area contributed by atoms with Gasteiger partial charge in [-0.15, -0.1) is 0 Å². The van der Waals surface area contributed by atoms with Crippen molar-refractivity contribution in [2.45, 2.75) is 45.1 Å². The Labute approximate surface area is 118 Å². The van der Waals surface area contributed by atoms with E-state index in [1.54, 1.807) is 18.2 Å². The van der Waals surface area contributed by atoms with Crippen molar-refractivity contribution in [2.75, 3.05) is 0 Å². The Morgan fingerprint density at radius 3 is 2.63 bits per heavy atom. The molecule has 1 saturated carbocycles. The van der Waals surface area contributed by atoms with Gasteiger partial charge in [0.05, 0.1) is 11.1 Å². The van der Waals surface area contributed by atoms with Crippen molar-refractivity contribution in [2.24, 2.45) is 5.92 Å². The predicted molar refractivity (Wildman–Crippen MR) is 75.1 cm³/mol. The van der Waals surface area contributed by atoms with Crippen molar-refractivity contribution in [3.63, 3.8) is 0 Å². The van der Waals surface area contributed by atoms with E-state index in [0.29, 0.717) is 5.75 Å². The molecule has 1 N–H and O–H groups in total. The first-order valence-corrected chi connectivity index (χ1v) is 7.18. The summed E-state index contributed by atoms with van der Waals surface area (Å²) in [6.07, 6.45) is 5.62. The first-order valence-electron chi connectivity index (χ1n) is 6.80. The Kier molecular flexibility index (Phi) is 4.70. The molecule has 0 spiro atoms. The maximum absolute atomic E-state index is 11.2. The van der Waals surface area contributed by atoms with Gasteiger partial charge in [-0.3, -0.25) is 0 Å². The molecule has 104 valence electrons. The summed E-state index contributed by atoms with van der Waals surface area (Å²) in [7, 11) is 0. The predicted octanol–water partition coefficient (Wildman–Crippen LogP) is 4.39. The molecule has 0 aromatic heterocycles. The Hall–Kier alpha value is -1.22. The average Bonchev–Trinajstić information content (AvgIpc) is 2.39. The number of rotatable bonds is 4. The molecule has 1 aromatic carbocycles. The monoisotopic (exact) mass is 282 g/mol. The fraction of sp³-hybridized carbons (Fsp3) is 0.533. The van der Waals surface area contributed by atoms with Gasteiger partial charge in [-0.25, -0.2) is 4.79 Å². The van der Waals surface area contributed by atoms with E-state index in [9.17, 15) is 9.90 Å². The molecule has 2 rings (SSSR count). The number of hydrogen-bond acceptors (Lipinski definition) is 2. The molecule has 0 unspecified atom stereocenters. The van der Waals surface area contributed by atoms with Gasteiger partial charge >= 0.3 is 5.97 Å². The summed E-state index contributed by atoms with van der Waals surface area (Å²) in [6, 6.07) is 4.98. The van der Waals surface area contributed by atoms with Crippen molar-refractivity contribution in [1.29, 1.82) is 0 Å². The van der Waals surface area contributed by atoms with Crippen LogP contribution >= 0.6 is 11.6 Å². The summed E-state index contributed by atoms with van der Waals surface area (Å²) >= 11 is 5.93. The van der Waals surface area contributed by atoms with E-state index in [2.05, 4.69) is 6.92 Å². The van der Waals surface area contributed by atoms with Crippen molar-refractivity contribution < 1.29 is 14.6 Å². The molecule has 0 bridgehead atoms. The van der Waals surface area contributed by atoms with Crippen LogP contribution in [0.5, 0.6) is 5.75 Å². The third kappa shape index (κ3) is 3.41. The van der Waals surface area contributed by atoms with Crippen LogP contribution in [0.3, 0.4) is 0 Å². The molecule has 1 aliphatic carbocycles. The minimum Gasteiger partial charge on any atom is -0.489 e. The van der Waals surface area contributed by atoms with E-state index in [1.807, 2.05) is 0 Å². The third-order valence-electron chi connectivity index (χ3n) is 3.85. The summed E-state index contributed by atoms with van der Waals surface area (Å²) < 4.78 is 5.86. The Bertz CT molecular complexity index is 451. The molecular formula is C15H19ClO3. The fourth-order valence-corrected chi connectivity index (χ4v) is 2.89. The van der Waals surface area contributed by atoms with Gasteiger partial charge < -0.3 is 9.84 Å². The highest BCUT2D eigenvalue weighted by molar-refractivity contribution is 6.33. The van der Waals surface area contributed by atoms with Gasteiger partial charge in [0.1, 0.15) is 11.3 Å². The van der Waals surface area contributed by atoms with E-state index < -0.39 is 5.97 Å². The average molecular weight is 283 g/mol. The normalized spacial score (nSPS) is 23.1. The largest absolute Gasteiger partial charge is 0.489 e. The molecule has 0 saturated heterocycles. The molecule has 1 aliphatic rings. The lowest BCUT2D eigenvalue weighted by molar-refractivity contribution is 0.0683. The van der Waals surface area contributed by atoms with Gasteiger partial charge in [0.25, 0.3) is 0 Å². The van der Waals surface area contributed by atoms with Crippen LogP contribution in [-0.2, 0) is 0 Å². The first kappa shape index (κ1) is 14.2. The number of aromatic carboxylic acids is 1. The van der Waals surface area contributed by atoms with Crippen molar-refractivity contribution in [3.05, 3.63) is 28.8 Å². The summed E-state index contributed by atoms with van der Waals surface area (Å²) in [5.41, 5.74) is 0.0711. The minimum atomic E-state index is -1.04. The van der Waals surface area contributed by atoms with Gasteiger partial charge in [-0.2, -0.15) is 0 Å². The maximum atomic E-state index is 11.2. The number of ether oxygens (including phenoxy) is 1. The molecule has 19 heavy (non-hydrogen) atoms. The number of benzene rings is 1. The number of carbonyl (C=O) groups is 1. The quantitative estimate of drug-likeness (QED) is 0.891. The van der Waals surface area contributed by atoms with Crippen LogP contribution in [0, 0.1) is 5.92 Å². The number of carboxylic acids is 1. The molecule has 1 aromatic rings. The minimum absolute atomic E-state index is 0.0711. The highest BCUT2D eigenvalue weighted by Gasteiger charge is 2.23. The van der Waals surface area contributed by atoms with Crippen molar-refractivity contribution in [1.82, 2.24) is 0 Å². The zero-order valence-corrected chi connectivity index (χ0v) is 11.8. The van der Waals surface area contributed by atoms with Gasteiger partial charge in [0.15, 0.2) is 0 Å². The van der Waals surface area contributed by atoms with Gasteiger partial charge in [0, 0.05) is 0 Å². The molecule has 4 heteroatoms. The highest BCUT2D eigenvalue weighted by Crippen LogP contribution is 2.32.